The lowest BCUT2D eigenvalue weighted by atomic mass is 9.94. The molecule has 1 aromatic rings. The number of unbranched alkanes of at least 4 members (excludes halogenated alkanes) is 9. The van der Waals surface area contributed by atoms with E-state index in [2.05, 4.69) is 31.9 Å². The number of carbonyl (C=O) groups excluding carboxylic acids is 5. The van der Waals surface area contributed by atoms with Crippen LogP contribution in [0.15, 0.2) is 24.3 Å². The molecule has 374 valence electrons. The molecule has 0 fully saturated rings. The van der Waals surface area contributed by atoms with Gasteiger partial charge >= 0.3 is 17.9 Å². The van der Waals surface area contributed by atoms with Crippen molar-refractivity contribution in [2.45, 2.75) is 122 Å². The molecule has 2 atom stereocenters. The van der Waals surface area contributed by atoms with E-state index in [1.165, 1.54) is 12.1 Å². The number of benzene rings is 1. The molecule has 0 saturated carbocycles. The number of amides is 3. The fourth-order valence-electron chi connectivity index (χ4n) is 6.37. The summed E-state index contributed by atoms with van der Waals surface area (Å²) >= 11 is 2.97. The van der Waals surface area contributed by atoms with Gasteiger partial charge in [-0.05, 0) is 69.2 Å². The topological polar surface area (TPSA) is 279 Å². The van der Waals surface area contributed by atoms with Crippen LogP contribution in [0.3, 0.4) is 0 Å². The number of hydrogen-bond donors (Lipinski definition) is 6. The van der Waals surface area contributed by atoms with E-state index in [9.17, 15) is 43.5 Å². The van der Waals surface area contributed by atoms with E-state index in [1.807, 2.05) is 0 Å². The maximum absolute atomic E-state index is 12.5. The highest BCUT2D eigenvalue weighted by molar-refractivity contribution is 9.09. The van der Waals surface area contributed by atoms with Gasteiger partial charge in [0.25, 0.3) is 0 Å². The Bertz CT molecular complexity index is 1560. The maximum Gasteiger partial charge on any atom is 0.335 e. The number of ketones is 2. The molecule has 3 amide bonds. The number of carboxylic acids is 3. The van der Waals surface area contributed by atoms with E-state index in [0.717, 1.165) is 51.4 Å². The Balaban J connectivity index is 1.93. The first-order valence-electron chi connectivity index (χ1n) is 23.0. The number of halogens is 1. The third kappa shape index (κ3) is 33.9. The molecule has 20 heteroatoms. The molecule has 0 saturated heterocycles. The summed E-state index contributed by atoms with van der Waals surface area (Å²) in [4.78, 5) is 93.9. The third-order valence-corrected chi connectivity index (χ3v) is 10.6. The highest BCUT2D eigenvalue weighted by Gasteiger charge is 2.22. The number of carboxylic acid groups (broad SMARTS) is 3. The average molecular weight is 1000 g/mol. The van der Waals surface area contributed by atoms with Crippen molar-refractivity contribution in [3.05, 3.63) is 29.8 Å². The predicted molar refractivity (Wildman–Crippen MR) is 246 cm³/mol. The Hall–Kier alpha value is -4.50. The van der Waals surface area contributed by atoms with E-state index in [1.54, 1.807) is 12.1 Å². The summed E-state index contributed by atoms with van der Waals surface area (Å²) in [5.41, 5.74) is 0.230. The first-order valence-corrected chi connectivity index (χ1v) is 24.1. The van der Waals surface area contributed by atoms with E-state index in [-0.39, 0.29) is 119 Å². The molecule has 19 nitrogen and oxygen atoms in total. The van der Waals surface area contributed by atoms with Crippen molar-refractivity contribution >= 4 is 63.1 Å². The van der Waals surface area contributed by atoms with Crippen LogP contribution in [0.1, 0.15) is 126 Å². The van der Waals surface area contributed by atoms with Gasteiger partial charge in [-0.15, -0.1) is 0 Å². The molecule has 66 heavy (non-hydrogen) atoms. The Morgan fingerprint density at radius 2 is 1.11 bits per heavy atom. The lowest BCUT2D eigenvalue weighted by molar-refractivity contribution is -0.144. The molecule has 0 aliphatic rings. The van der Waals surface area contributed by atoms with Crippen LogP contribution in [0.2, 0.25) is 0 Å². The monoisotopic (exact) mass is 1000 g/mol. The van der Waals surface area contributed by atoms with E-state index >= 15 is 0 Å². The van der Waals surface area contributed by atoms with Crippen molar-refractivity contribution in [2.75, 3.05) is 77.9 Å². The van der Waals surface area contributed by atoms with Crippen molar-refractivity contribution in [1.29, 1.82) is 0 Å². The molecule has 0 aliphatic heterocycles. The highest BCUT2D eigenvalue weighted by atomic mass is 79.9. The molecule has 0 spiro atoms. The second kappa shape index (κ2) is 39.6. The Morgan fingerprint density at radius 3 is 1.74 bits per heavy atom. The SMILES string of the molecule is O=C(CCCOCCOCC(=O)NCCCC[C@H](NC(=O)CBr)C(=O)O)COCCOCCNC(=O)CC[C@H](CC(=O)CCCCCCCCCCCOc1ccc(C(=O)O)cc1)C(=O)O. The molecular weight excluding hydrogens is 930 g/mol. The molecule has 0 heterocycles. The van der Waals surface area contributed by atoms with Crippen LogP contribution in [0.25, 0.3) is 0 Å². The largest absolute Gasteiger partial charge is 0.494 e. The molecule has 6 N–H and O–H groups in total. The van der Waals surface area contributed by atoms with Crippen molar-refractivity contribution in [3.63, 3.8) is 0 Å². The van der Waals surface area contributed by atoms with Gasteiger partial charge in [-0.25, -0.2) is 9.59 Å². The summed E-state index contributed by atoms with van der Waals surface area (Å²) in [7, 11) is 0. The predicted octanol–water partition coefficient (Wildman–Crippen LogP) is 4.89. The molecule has 0 aliphatic carbocycles. The summed E-state index contributed by atoms with van der Waals surface area (Å²) < 4.78 is 27.1. The van der Waals surface area contributed by atoms with E-state index in [4.69, 9.17) is 33.9 Å². The zero-order valence-electron chi connectivity index (χ0n) is 38.2. The number of aromatic carboxylic acids is 1. The highest BCUT2D eigenvalue weighted by Crippen LogP contribution is 2.17. The van der Waals surface area contributed by atoms with Gasteiger partial charge < -0.3 is 55.0 Å². The first-order chi connectivity index (χ1) is 31.8. The number of hydrogen-bond acceptors (Lipinski definition) is 13. The fraction of sp³-hybridized carbons (Fsp3) is 0.696. The van der Waals surface area contributed by atoms with Crippen molar-refractivity contribution in [1.82, 2.24) is 16.0 Å². The minimum Gasteiger partial charge on any atom is -0.494 e. The standard InChI is InChI=1S/C46H72BrN3O16/c47-32-42(54)50-40(46(60)61)15-9-10-22-48-43(55)34-65-30-27-62-24-12-14-38(52)33-64-29-28-63-26-23-49-41(53)21-18-36(45(58)59)31-37(51)13-8-6-4-2-1-3-5-7-11-25-66-39-19-16-35(17-20-39)44(56)57/h16-17,19-20,36,40H,1-15,18,21-34H2,(H,48,55)(H,49,53)(H,50,54)(H,56,57)(H,58,59)(H,60,61)/t36-,40+/m1/s1. The van der Waals surface area contributed by atoms with Gasteiger partial charge in [0.1, 0.15) is 30.8 Å². The van der Waals surface area contributed by atoms with Gasteiger partial charge in [-0.3, -0.25) is 28.8 Å². The minimum atomic E-state index is -1.11. The lowest BCUT2D eigenvalue weighted by Gasteiger charge is -2.13. The number of aliphatic carboxylic acids is 2. The van der Waals surface area contributed by atoms with Gasteiger partial charge in [0, 0.05) is 45.4 Å². The van der Waals surface area contributed by atoms with E-state index < -0.39 is 35.8 Å². The summed E-state index contributed by atoms with van der Waals surface area (Å²) in [5.74, 6) is -4.67. The Labute approximate surface area is 396 Å². The van der Waals surface area contributed by atoms with Crippen LogP contribution >= 0.6 is 15.9 Å². The van der Waals surface area contributed by atoms with Crippen LogP contribution in [-0.4, -0.2) is 146 Å². The van der Waals surface area contributed by atoms with Crippen LogP contribution in [-0.2, 0) is 52.5 Å². The summed E-state index contributed by atoms with van der Waals surface area (Å²) in [5, 5.41) is 35.5. The molecule has 0 aromatic heterocycles. The van der Waals surface area contributed by atoms with Gasteiger partial charge in [0.2, 0.25) is 17.7 Å². The molecule has 1 aromatic carbocycles. The summed E-state index contributed by atoms with van der Waals surface area (Å²) in [6.07, 6.45) is 11.4. The number of nitrogens with one attached hydrogen (secondary N) is 3. The zero-order chi connectivity index (χ0) is 48.6. The number of rotatable bonds is 45. The smallest absolute Gasteiger partial charge is 0.335 e. The molecular formula is C46H72BrN3O16. The molecule has 0 bridgehead atoms. The number of carbonyl (C=O) groups is 8. The van der Waals surface area contributed by atoms with Gasteiger partial charge in [-0.2, -0.15) is 0 Å². The number of alkyl halides is 1. The Kier molecular flexibility index (Phi) is 35.8. The van der Waals surface area contributed by atoms with Crippen LogP contribution in [0.4, 0.5) is 0 Å². The van der Waals surface area contributed by atoms with Crippen molar-refractivity contribution < 1.29 is 77.4 Å². The lowest BCUT2D eigenvalue weighted by Crippen LogP contribution is -2.41. The van der Waals surface area contributed by atoms with Gasteiger partial charge in [-0.1, -0.05) is 60.9 Å². The zero-order valence-corrected chi connectivity index (χ0v) is 39.8. The maximum atomic E-state index is 12.5. The second-order valence-electron chi connectivity index (χ2n) is 15.7. The molecule has 0 unspecified atom stereocenters. The fourth-order valence-corrected chi connectivity index (χ4v) is 6.53. The molecule has 1 rings (SSSR count). The van der Waals surface area contributed by atoms with Crippen LogP contribution < -0.4 is 20.7 Å². The van der Waals surface area contributed by atoms with E-state index in [0.29, 0.717) is 57.6 Å². The van der Waals surface area contributed by atoms with Crippen LogP contribution in [0, 0.1) is 5.92 Å². The Morgan fingerprint density at radius 1 is 0.515 bits per heavy atom. The first kappa shape index (κ1) is 59.5. The average Bonchev–Trinajstić information content (AvgIpc) is 3.29. The summed E-state index contributed by atoms with van der Waals surface area (Å²) in [6.45, 7) is 2.31. The third-order valence-electron chi connectivity index (χ3n) is 10.1. The van der Waals surface area contributed by atoms with Crippen LogP contribution in [0.5, 0.6) is 5.75 Å². The quantitative estimate of drug-likeness (QED) is 0.0375. The summed E-state index contributed by atoms with van der Waals surface area (Å²) in [6, 6.07) is 5.40. The minimum absolute atomic E-state index is 0.0170. The van der Waals surface area contributed by atoms with Gasteiger partial charge in [0.05, 0.1) is 56.5 Å². The number of ether oxygens (including phenoxy) is 5. The normalized spacial score (nSPS) is 11.9. The number of Topliss-reactive ketones (excluding diaryl/α,β-unsaturated/α-hetero) is 2. The second-order valence-corrected chi connectivity index (χ2v) is 16.2. The van der Waals surface area contributed by atoms with Crippen molar-refractivity contribution in [2.24, 2.45) is 5.92 Å². The van der Waals surface area contributed by atoms with Gasteiger partial charge in [0.15, 0.2) is 5.78 Å². The molecule has 0 radical (unpaired) electrons. The van der Waals surface area contributed by atoms with Crippen molar-refractivity contribution in [3.8, 4) is 5.75 Å².